The number of rotatable bonds is 3. The zero-order chi connectivity index (χ0) is 13.1. The highest BCUT2D eigenvalue weighted by Crippen LogP contribution is 2.33. The third-order valence-corrected chi connectivity index (χ3v) is 3.32. The second kappa shape index (κ2) is 5.23. The minimum atomic E-state index is -0.652. The van der Waals surface area contributed by atoms with Gasteiger partial charge in [-0.1, -0.05) is 42.5 Å². The summed E-state index contributed by atoms with van der Waals surface area (Å²) in [6, 6.07) is 13.6. The van der Waals surface area contributed by atoms with Gasteiger partial charge in [0.2, 0.25) is 0 Å². The highest BCUT2D eigenvalue weighted by atomic mass is 16.5. The summed E-state index contributed by atoms with van der Waals surface area (Å²) in [5.41, 5.74) is 3.92. The molecule has 2 aromatic carbocycles. The number of ether oxygens (including phenoxy) is 1. The van der Waals surface area contributed by atoms with E-state index in [4.69, 9.17) is 4.74 Å². The Hall–Kier alpha value is -1.80. The quantitative estimate of drug-likeness (QED) is 0.894. The molecule has 1 N–H and O–H groups in total. The largest absolute Gasteiger partial charge is 0.496 e. The SMILES string of the molecule is COc1c(C(O)c2ccccc2)ccc(C)c1C. The minimum Gasteiger partial charge on any atom is -0.496 e. The van der Waals surface area contributed by atoms with Gasteiger partial charge >= 0.3 is 0 Å². The molecule has 1 atom stereocenters. The maximum atomic E-state index is 10.4. The first-order valence-corrected chi connectivity index (χ1v) is 6.02. The van der Waals surface area contributed by atoms with Crippen LogP contribution in [0.2, 0.25) is 0 Å². The van der Waals surface area contributed by atoms with Crippen LogP contribution in [0.4, 0.5) is 0 Å². The summed E-state index contributed by atoms with van der Waals surface area (Å²) in [4.78, 5) is 0. The van der Waals surface area contributed by atoms with Gasteiger partial charge in [-0.25, -0.2) is 0 Å². The molecule has 0 aliphatic heterocycles. The molecule has 1 unspecified atom stereocenters. The standard InChI is InChI=1S/C16H18O2/c1-11-9-10-14(16(18-3)12(11)2)15(17)13-7-5-4-6-8-13/h4-10,15,17H,1-3H3. The Balaban J connectivity index is 2.49. The van der Waals surface area contributed by atoms with Gasteiger partial charge in [-0.3, -0.25) is 0 Å². The van der Waals surface area contributed by atoms with Gasteiger partial charge in [0.05, 0.1) is 7.11 Å². The molecule has 0 aliphatic carbocycles. The molecule has 2 rings (SSSR count). The first-order valence-electron chi connectivity index (χ1n) is 6.02. The van der Waals surface area contributed by atoms with E-state index >= 15 is 0 Å². The smallest absolute Gasteiger partial charge is 0.128 e. The molecular weight excluding hydrogens is 224 g/mol. The summed E-state index contributed by atoms with van der Waals surface area (Å²) in [6.45, 7) is 4.05. The van der Waals surface area contributed by atoms with Gasteiger partial charge in [0.15, 0.2) is 0 Å². The highest BCUT2D eigenvalue weighted by Gasteiger charge is 2.17. The lowest BCUT2D eigenvalue weighted by Crippen LogP contribution is -2.04. The Kier molecular flexibility index (Phi) is 3.68. The molecule has 94 valence electrons. The Bertz CT molecular complexity index is 532. The van der Waals surface area contributed by atoms with Gasteiger partial charge in [0.25, 0.3) is 0 Å². The summed E-state index contributed by atoms with van der Waals surface area (Å²) in [5.74, 6) is 0.770. The van der Waals surface area contributed by atoms with Crippen LogP contribution >= 0.6 is 0 Å². The van der Waals surface area contributed by atoms with Crippen LogP contribution in [0.5, 0.6) is 5.75 Å². The fourth-order valence-corrected chi connectivity index (χ4v) is 2.11. The average molecular weight is 242 g/mol. The lowest BCUT2D eigenvalue weighted by atomic mass is 9.96. The van der Waals surface area contributed by atoms with Crippen molar-refractivity contribution in [1.82, 2.24) is 0 Å². The summed E-state index contributed by atoms with van der Waals surface area (Å²) >= 11 is 0. The summed E-state index contributed by atoms with van der Waals surface area (Å²) < 4.78 is 5.44. The van der Waals surface area contributed by atoms with Gasteiger partial charge in [0, 0.05) is 5.56 Å². The summed E-state index contributed by atoms with van der Waals surface area (Å²) in [7, 11) is 1.64. The summed E-state index contributed by atoms with van der Waals surface area (Å²) in [6.07, 6.45) is -0.652. The van der Waals surface area contributed by atoms with Gasteiger partial charge in [-0.15, -0.1) is 0 Å². The fourth-order valence-electron chi connectivity index (χ4n) is 2.11. The van der Waals surface area contributed by atoms with Crippen molar-refractivity contribution in [3.8, 4) is 5.75 Å². The van der Waals surface area contributed by atoms with Gasteiger partial charge in [-0.2, -0.15) is 0 Å². The van der Waals surface area contributed by atoms with Gasteiger partial charge in [0.1, 0.15) is 11.9 Å². The average Bonchev–Trinajstić information content (AvgIpc) is 2.42. The molecule has 2 heteroatoms. The normalized spacial score (nSPS) is 12.2. The molecule has 0 aromatic heterocycles. The van der Waals surface area contributed by atoms with Crippen molar-refractivity contribution in [3.63, 3.8) is 0 Å². The number of aliphatic hydroxyl groups is 1. The first-order chi connectivity index (χ1) is 8.65. The van der Waals surface area contributed by atoms with E-state index in [1.807, 2.05) is 56.3 Å². The van der Waals surface area contributed by atoms with Crippen molar-refractivity contribution >= 4 is 0 Å². The van der Waals surface area contributed by atoms with Crippen LogP contribution in [-0.4, -0.2) is 12.2 Å². The van der Waals surface area contributed by atoms with Gasteiger partial charge < -0.3 is 9.84 Å². The van der Waals surface area contributed by atoms with E-state index in [1.54, 1.807) is 7.11 Å². The number of aryl methyl sites for hydroxylation is 1. The van der Waals surface area contributed by atoms with Crippen molar-refractivity contribution in [2.45, 2.75) is 20.0 Å². The molecule has 2 aromatic rings. The van der Waals surface area contributed by atoms with E-state index in [-0.39, 0.29) is 0 Å². The molecular formula is C16H18O2. The van der Waals surface area contributed by atoms with Crippen LogP contribution in [0, 0.1) is 13.8 Å². The molecule has 0 aliphatic rings. The van der Waals surface area contributed by atoms with E-state index in [9.17, 15) is 5.11 Å². The molecule has 0 saturated carbocycles. The zero-order valence-electron chi connectivity index (χ0n) is 11.0. The Morgan fingerprint density at radius 1 is 1.00 bits per heavy atom. The Labute approximate surface area is 108 Å². The molecule has 0 fully saturated rings. The maximum absolute atomic E-state index is 10.4. The summed E-state index contributed by atoms with van der Waals surface area (Å²) in [5, 5.41) is 10.4. The molecule has 0 radical (unpaired) electrons. The van der Waals surface area contributed by atoms with Crippen molar-refractivity contribution in [3.05, 3.63) is 64.7 Å². The van der Waals surface area contributed by atoms with Crippen molar-refractivity contribution < 1.29 is 9.84 Å². The number of aliphatic hydroxyl groups excluding tert-OH is 1. The van der Waals surface area contributed by atoms with Crippen LogP contribution < -0.4 is 4.74 Å². The second-order valence-electron chi connectivity index (χ2n) is 4.44. The van der Waals surface area contributed by atoms with Crippen molar-refractivity contribution in [2.24, 2.45) is 0 Å². The van der Waals surface area contributed by atoms with Crippen molar-refractivity contribution in [1.29, 1.82) is 0 Å². The monoisotopic (exact) mass is 242 g/mol. The Morgan fingerprint density at radius 2 is 1.67 bits per heavy atom. The Morgan fingerprint density at radius 3 is 2.28 bits per heavy atom. The van der Waals surface area contributed by atoms with E-state index < -0.39 is 6.10 Å². The van der Waals surface area contributed by atoms with E-state index in [1.165, 1.54) is 0 Å². The van der Waals surface area contributed by atoms with E-state index in [2.05, 4.69) is 0 Å². The third kappa shape index (κ3) is 2.24. The van der Waals surface area contributed by atoms with Crippen LogP contribution in [-0.2, 0) is 0 Å². The highest BCUT2D eigenvalue weighted by molar-refractivity contribution is 5.48. The second-order valence-corrected chi connectivity index (χ2v) is 4.44. The fraction of sp³-hybridized carbons (Fsp3) is 0.250. The van der Waals surface area contributed by atoms with E-state index in [0.29, 0.717) is 0 Å². The molecule has 0 bridgehead atoms. The topological polar surface area (TPSA) is 29.5 Å². The van der Waals surface area contributed by atoms with Crippen LogP contribution in [0.3, 0.4) is 0 Å². The molecule has 0 amide bonds. The number of hydrogen-bond acceptors (Lipinski definition) is 2. The molecule has 2 nitrogen and oxygen atoms in total. The van der Waals surface area contributed by atoms with Gasteiger partial charge in [-0.05, 0) is 30.5 Å². The lowest BCUT2D eigenvalue weighted by Gasteiger charge is -2.18. The molecule has 0 spiro atoms. The lowest BCUT2D eigenvalue weighted by molar-refractivity contribution is 0.214. The predicted octanol–water partition coefficient (Wildman–Crippen LogP) is 3.39. The molecule has 0 saturated heterocycles. The van der Waals surface area contributed by atoms with Crippen LogP contribution in [0.15, 0.2) is 42.5 Å². The molecule has 18 heavy (non-hydrogen) atoms. The van der Waals surface area contributed by atoms with Crippen LogP contribution in [0.25, 0.3) is 0 Å². The van der Waals surface area contributed by atoms with Crippen molar-refractivity contribution in [2.75, 3.05) is 7.11 Å². The zero-order valence-corrected chi connectivity index (χ0v) is 11.0. The number of hydrogen-bond donors (Lipinski definition) is 1. The van der Waals surface area contributed by atoms with E-state index in [0.717, 1.165) is 28.0 Å². The minimum absolute atomic E-state index is 0.652. The maximum Gasteiger partial charge on any atom is 0.128 e. The number of methoxy groups -OCH3 is 1. The third-order valence-electron chi connectivity index (χ3n) is 3.32. The first kappa shape index (κ1) is 12.7. The van der Waals surface area contributed by atoms with Crippen LogP contribution in [0.1, 0.15) is 28.4 Å². The predicted molar refractivity (Wildman–Crippen MR) is 73.0 cm³/mol. The number of benzene rings is 2. The molecule has 0 heterocycles.